The number of hydrogen-bond acceptors (Lipinski definition) is 9. The molecule has 124 valence electrons. The van der Waals surface area contributed by atoms with Crippen molar-refractivity contribution in [3.8, 4) is 0 Å². The zero-order valence-electron chi connectivity index (χ0n) is 12.2. The van der Waals surface area contributed by atoms with Gasteiger partial charge in [0.1, 0.15) is 35.6 Å². The monoisotopic (exact) mass is 323 g/mol. The standard InChI is InChI=1S/C13H17N5O5/c1-13(21)9(20)7(4-19)23-12(13)18-3-6(2-17-22)8-10(14)15-5-16-11(8)18/h2-3,5,7,9,12,19-22H,4H2,1H3,(H2,14,15,16)/b17-2-/t7?,9?,12?,13-/m1/s1. The van der Waals surface area contributed by atoms with Gasteiger partial charge in [0, 0.05) is 11.8 Å². The van der Waals surface area contributed by atoms with Gasteiger partial charge in [0.05, 0.1) is 18.2 Å². The highest BCUT2D eigenvalue weighted by Crippen LogP contribution is 2.40. The maximum absolute atomic E-state index is 10.6. The number of aliphatic hydroxyl groups is 3. The summed E-state index contributed by atoms with van der Waals surface area (Å²) in [4.78, 5) is 8.01. The third-order valence-corrected chi connectivity index (χ3v) is 4.05. The van der Waals surface area contributed by atoms with Crippen LogP contribution in [0.5, 0.6) is 0 Å². The fourth-order valence-electron chi connectivity index (χ4n) is 2.87. The minimum Gasteiger partial charge on any atom is -0.411 e. The van der Waals surface area contributed by atoms with E-state index in [1.165, 1.54) is 24.0 Å². The lowest BCUT2D eigenvalue weighted by molar-refractivity contribution is -0.0948. The van der Waals surface area contributed by atoms with Gasteiger partial charge in [-0.05, 0) is 6.92 Å². The van der Waals surface area contributed by atoms with Gasteiger partial charge in [-0.15, -0.1) is 0 Å². The highest BCUT2D eigenvalue weighted by molar-refractivity contribution is 6.02. The topological polar surface area (TPSA) is 159 Å². The number of ether oxygens (including phenoxy) is 1. The Hall–Kier alpha value is -2.27. The molecule has 0 aromatic carbocycles. The van der Waals surface area contributed by atoms with E-state index in [4.69, 9.17) is 15.7 Å². The summed E-state index contributed by atoms with van der Waals surface area (Å²) in [7, 11) is 0. The van der Waals surface area contributed by atoms with Crippen LogP contribution in [-0.4, -0.2) is 65.7 Å². The molecule has 1 fully saturated rings. The van der Waals surface area contributed by atoms with E-state index in [0.717, 1.165) is 6.21 Å². The van der Waals surface area contributed by atoms with Gasteiger partial charge < -0.3 is 35.6 Å². The second kappa shape index (κ2) is 5.42. The van der Waals surface area contributed by atoms with Crippen molar-refractivity contribution in [1.82, 2.24) is 14.5 Å². The molecule has 10 nitrogen and oxygen atoms in total. The Bertz CT molecular complexity index is 759. The summed E-state index contributed by atoms with van der Waals surface area (Å²) < 4.78 is 7.03. The maximum Gasteiger partial charge on any atom is 0.167 e. The van der Waals surface area contributed by atoms with Crippen LogP contribution in [0.2, 0.25) is 0 Å². The predicted octanol–water partition coefficient (Wildman–Crippen LogP) is -1.18. The summed E-state index contributed by atoms with van der Waals surface area (Å²) in [6, 6.07) is 0. The number of aliphatic hydroxyl groups excluding tert-OH is 2. The normalized spacial score (nSPS) is 31.4. The molecule has 0 bridgehead atoms. The SMILES string of the molecule is C[C@@]1(O)C(O)C(CO)OC1n1cc(/C=N\O)c2c(N)ncnc21. The number of anilines is 1. The van der Waals surface area contributed by atoms with E-state index in [-0.39, 0.29) is 5.82 Å². The molecule has 23 heavy (non-hydrogen) atoms. The van der Waals surface area contributed by atoms with Crippen molar-refractivity contribution < 1.29 is 25.3 Å². The van der Waals surface area contributed by atoms with Gasteiger partial charge >= 0.3 is 0 Å². The van der Waals surface area contributed by atoms with Crippen molar-refractivity contribution in [2.75, 3.05) is 12.3 Å². The number of hydrogen-bond donors (Lipinski definition) is 5. The first-order valence-corrected chi connectivity index (χ1v) is 6.87. The van der Waals surface area contributed by atoms with Gasteiger partial charge in [0.2, 0.25) is 0 Å². The highest BCUT2D eigenvalue weighted by Gasteiger charge is 2.53. The zero-order valence-corrected chi connectivity index (χ0v) is 12.2. The minimum absolute atomic E-state index is 0.167. The fraction of sp³-hybridized carbons (Fsp3) is 0.462. The number of oxime groups is 1. The molecule has 1 saturated heterocycles. The summed E-state index contributed by atoms with van der Waals surface area (Å²) in [5.41, 5.74) is 4.93. The number of nitrogens with two attached hydrogens (primary N) is 1. The first-order chi connectivity index (χ1) is 10.9. The van der Waals surface area contributed by atoms with E-state index < -0.39 is 30.6 Å². The molecule has 2 aromatic heterocycles. The second-order valence-electron chi connectivity index (χ2n) is 5.57. The average molecular weight is 323 g/mol. The lowest BCUT2D eigenvalue weighted by atomic mass is 9.96. The zero-order chi connectivity index (χ0) is 16.8. The van der Waals surface area contributed by atoms with E-state index in [2.05, 4.69) is 15.1 Å². The Morgan fingerprint density at radius 3 is 2.87 bits per heavy atom. The molecular formula is C13H17N5O5. The molecule has 3 heterocycles. The number of fused-ring (bicyclic) bond motifs is 1. The predicted molar refractivity (Wildman–Crippen MR) is 78.9 cm³/mol. The van der Waals surface area contributed by atoms with Crippen LogP contribution in [0.15, 0.2) is 17.7 Å². The molecule has 0 amide bonds. The summed E-state index contributed by atoms with van der Waals surface area (Å²) in [6.07, 6.45) is 0.666. The first-order valence-electron chi connectivity index (χ1n) is 6.87. The smallest absolute Gasteiger partial charge is 0.167 e. The fourth-order valence-corrected chi connectivity index (χ4v) is 2.87. The van der Waals surface area contributed by atoms with E-state index >= 15 is 0 Å². The lowest BCUT2D eigenvalue weighted by Gasteiger charge is -2.27. The van der Waals surface area contributed by atoms with Crippen LogP contribution >= 0.6 is 0 Å². The van der Waals surface area contributed by atoms with Crippen molar-refractivity contribution in [1.29, 1.82) is 0 Å². The molecule has 0 spiro atoms. The van der Waals surface area contributed by atoms with Crippen molar-refractivity contribution in [3.63, 3.8) is 0 Å². The molecule has 0 saturated carbocycles. The summed E-state index contributed by atoms with van der Waals surface area (Å²) >= 11 is 0. The molecular weight excluding hydrogens is 306 g/mol. The minimum atomic E-state index is -1.67. The van der Waals surface area contributed by atoms with Crippen LogP contribution in [0.4, 0.5) is 5.82 Å². The molecule has 6 N–H and O–H groups in total. The van der Waals surface area contributed by atoms with Crippen LogP contribution in [0.25, 0.3) is 11.0 Å². The largest absolute Gasteiger partial charge is 0.411 e. The van der Waals surface area contributed by atoms with Crippen molar-refractivity contribution in [2.45, 2.75) is 31.0 Å². The third kappa shape index (κ3) is 2.23. The summed E-state index contributed by atoms with van der Waals surface area (Å²) in [6.45, 7) is 0.948. The molecule has 1 aliphatic heterocycles. The molecule has 2 aromatic rings. The second-order valence-corrected chi connectivity index (χ2v) is 5.57. The van der Waals surface area contributed by atoms with Crippen LogP contribution in [0.1, 0.15) is 18.7 Å². The van der Waals surface area contributed by atoms with Crippen molar-refractivity contribution in [2.24, 2.45) is 5.16 Å². The maximum atomic E-state index is 10.6. The van der Waals surface area contributed by atoms with Gasteiger partial charge in [-0.1, -0.05) is 5.16 Å². The van der Waals surface area contributed by atoms with Crippen molar-refractivity contribution >= 4 is 23.1 Å². The van der Waals surface area contributed by atoms with Gasteiger partial charge in [-0.3, -0.25) is 0 Å². The van der Waals surface area contributed by atoms with Crippen LogP contribution in [-0.2, 0) is 4.74 Å². The summed E-state index contributed by atoms with van der Waals surface area (Å²) in [5, 5.41) is 42.2. The highest BCUT2D eigenvalue weighted by atomic mass is 16.6. The van der Waals surface area contributed by atoms with Crippen molar-refractivity contribution in [3.05, 3.63) is 18.1 Å². The van der Waals surface area contributed by atoms with E-state index in [9.17, 15) is 15.3 Å². The lowest BCUT2D eigenvalue weighted by Crippen LogP contribution is -2.44. The number of aromatic nitrogens is 3. The Morgan fingerprint density at radius 2 is 2.26 bits per heavy atom. The number of nitrogens with zero attached hydrogens (tertiary/aromatic N) is 4. The Labute approximate surface area is 130 Å². The summed E-state index contributed by atoms with van der Waals surface area (Å²) in [5.74, 6) is 0.167. The molecule has 0 radical (unpaired) electrons. The van der Waals surface area contributed by atoms with Gasteiger partial charge in [0.25, 0.3) is 0 Å². The average Bonchev–Trinajstić information content (AvgIpc) is 2.97. The molecule has 0 aliphatic carbocycles. The molecule has 10 heteroatoms. The quantitative estimate of drug-likeness (QED) is 0.268. The van der Waals surface area contributed by atoms with Gasteiger partial charge in [0.15, 0.2) is 6.23 Å². The van der Waals surface area contributed by atoms with Gasteiger partial charge in [-0.25, -0.2) is 9.97 Å². The number of rotatable bonds is 3. The Balaban J connectivity index is 2.19. The van der Waals surface area contributed by atoms with E-state index in [1.54, 1.807) is 0 Å². The van der Waals surface area contributed by atoms with E-state index in [0.29, 0.717) is 16.6 Å². The molecule has 4 atom stereocenters. The van der Waals surface area contributed by atoms with E-state index in [1.807, 2.05) is 0 Å². The van der Waals surface area contributed by atoms with Crippen LogP contribution in [0, 0.1) is 0 Å². The molecule has 3 unspecified atom stereocenters. The van der Waals surface area contributed by atoms with Crippen LogP contribution in [0.3, 0.4) is 0 Å². The van der Waals surface area contributed by atoms with Crippen LogP contribution < -0.4 is 5.73 Å². The molecule has 3 rings (SSSR count). The first kappa shape index (κ1) is 15.6. The Morgan fingerprint density at radius 1 is 1.52 bits per heavy atom. The number of nitrogen functional groups attached to an aromatic ring is 1. The third-order valence-electron chi connectivity index (χ3n) is 4.05. The Kier molecular flexibility index (Phi) is 3.68. The van der Waals surface area contributed by atoms with Gasteiger partial charge in [-0.2, -0.15) is 0 Å². The molecule has 1 aliphatic rings.